The van der Waals surface area contributed by atoms with Crippen molar-refractivity contribution in [1.82, 2.24) is 20.2 Å². The molecule has 0 saturated heterocycles. The lowest BCUT2D eigenvalue weighted by Crippen LogP contribution is -2.42. The Balaban J connectivity index is 1.19. The number of benzene rings is 1. The van der Waals surface area contributed by atoms with Gasteiger partial charge in [0.1, 0.15) is 0 Å². The molecule has 0 fully saturated rings. The molecule has 146 valence electrons. The third kappa shape index (κ3) is 4.73. The van der Waals surface area contributed by atoms with Crippen molar-refractivity contribution < 1.29 is 9.90 Å². The van der Waals surface area contributed by atoms with E-state index in [1.54, 1.807) is 23.7 Å². The SMILES string of the molecule is O=C(CCc1nc2cnccc2s1)NC[C@@H](O)CN1CCc2ccccc2C1. The lowest BCUT2D eigenvalue weighted by molar-refractivity contribution is -0.121. The van der Waals surface area contributed by atoms with Crippen molar-refractivity contribution in [3.63, 3.8) is 0 Å². The van der Waals surface area contributed by atoms with E-state index in [1.807, 2.05) is 6.07 Å². The number of amides is 1. The van der Waals surface area contributed by atoms with Gasteiger partial charge in [-0.2, -0.15) is 0 Å². The van der Waals surface area contributed by atoms with E-state index in [2.05, 4.69) is 44.5 Å². The van der Waals surface area contributed by atoms with Crippen molar-refractivity contribution in [2.75, 3.05) is 19.6 Å². The van der Waals surface area contributed by atoms with Crippen LogP contribution in [0.5, 0.6) is 0 Å². The lowest BCUT2D eigenvalue weighted by Gasteiger charge is -2.30. The Morgan fingerprint density at radius 1 is 1.29 bits per heavy atom. The van der Waals surface area contributed by atoms with Crippen LogP contribution < -0.4 is 5.32 Å². The van der Waals surface area contributed by atoms with Gasteiger partial charge in [-0.1, -0.05) is 24.3 Å². The second-order valence-corrected chi connectivity index (χ2v) is 8.28. The van der Waals surface area contributed by atoms with Crippen LogP contribution >= 0.6 is 11.3 Å². The van der Waals surface area contributed by atoms with Crippen molar-refractivity contribution in [2.45, 2.75) is 31.9 Å². The van der Waals surface area contributed by atoms with Gasteiger partial charge in [-0.05, 0) is 23.6 Å². The van der Waals surface area contributed by atoms with Crippen LogP contribution in [0.4, 0.5) is 0 Å². The summed E-state index contributed by atoms with van der Waals surface area (Å²) >= 11 is 1.59. The largest absolute Gasteiger partial charge is 0.390 e. The highest BCUT2D eigenvalue weighted by Gasteiger charge is 2.18. The second kappa shape index (κ2) is 8.77. The third-order valence-corrected chi connectivity index (χ3v) is 6.11. The van der Waals surface area contributed by atoms with Gasteiger partial charge in [0.2, 0.25) is 5.91 Å². The predicted molar refractivity (Wildman–Crippen MR) is 110 cm³/mol. The van der Waals surface area contributed by atoms with Crippen molar-refractivity contribution in [3.05, 3.63) is 58.9 Å². The number of hydrogen-bond donors (Lipinski definition) is 2. The Hall–Kier alpha value is -2.35. The summed E-state index contributed by atoms with van der Waals surface area (Å²) in [5.41, 5.74) is 3.60. The van der Waals surface area contributed by atoms with Crippen LogP contribution in [-0.4, -0.2) is 51.6 Å². The number of aryl methyl sites for hydroxylation is 1. The Bertz CT molecular complexity index is 925. The molecule has 2 aromatic heterocycles. The molecule has 0 spiro atoms. The highest BCUT2D eigenvalue weighted by molar-refractivity contribution is 7.18. The van der Waals surface area contributed by atoms with E-state index in [-0.39, 0.29) is 12.5 Å². The molecule has 0 saturated carbocycles. The van der Waals surface area contributed by atoms with Crippen LogP contribution in [0.1, 0.15) is 22.6 Å². The summed E-state index contributed by atoms with van der Waals surface area (Å²) in [5, 5.41) is 14.1. The monoisotopic (exact) mass is 396 g/mol. The standard InChI is InChI=1S/C21H24N4O2S/c26-17(14-25-10-8-15-3-1-2-4-16(15)13-25)11-23-20(27)5-6-21-24-18-12-22-9-7-19(18)28-21/h1-4,7,9,12,17,26H,5-6,8,10-11,13-14H2,(H,23,27)/t17-/m1/s1. The zero-order valence-corrected chi connectivity index (χ0v) is 16.5. The zero-order chi connectivity index (χ0) is 19.3. The van der Waals surface area contributed by atoms with Gasteiger partial charge in [-0.25, -0.2) is 4.98 Å². The molecule has 3 aromatic rings. The normalized spacial score (nSPS) is 15.3. The average molecular weight is 397 g/mol. The van der Waals surface area contributed by atoms with Crippen LogP contribution in [-0.2, 0) is 24.2 Å². The van der Waals surface area contributed by atoms with Crippen LogP contribution in [0, 0.1) is 0 Å². The fourth-order valence-corrected chi connectivity index (χ4v) is 4.48. The van der Waals surface area contributed by atoms with E-state index in [1.165, 1.54) is 11.1 Å². The molecule has 28 heavy (non-hydrogen) atoms. The van der Waals surface area contributed by atoms with Gasteiger partial charge in [-0.15, -0.1) is 11.3 Å². The minimum Gasteiger partial charge on any atom is -0.390 e. The smallest absolute Gasteiger partial charge is 0.220 e. The summed E-state index contributed by atoms with van der Waals surface area (Å²) in [4.78, 5) is 22.9. The molecule has 2 N–H and O–H groups in total. The van der Waals surface area contributed by atoms with E-state index in [9.17, 15) is 9.90 Å². The minimum absolute atomic E-state index is 0.0552. The molecule has 3 heterocycles. The molecule has 1 amide bonds. The topological polar surface area (TPSA) is 78.3 Å². The van der Waals surface area contributed by atoms with Crippen molar-refractivity contribution in [1.29, 1.82) is 0 Å². The number of aromatic nitrogens is 2. The number of fused-ring (bicyclic) bond motifs is 2. The van der Waals surface area contributed by atoms with Crippen LogP contribution in [0.3, 0.4) is 0 Å². The molecular weight excluding hydrogens is 372 g/mol. The van der Waals surface area contributed by atoms with Crippen molar-refractivity contribution >= 4 is 27.5 Å². The van der Waals surface area contributed by atoms with Gasteiger partial charge in [0, 0.05) is 45.2 Å². The fourth-order valence-electron chi connectivity index (χ4n) is 3.55. The maximum absolute atomic E-state index is 12.1. The first-order chi connectivity index (χ1) is 13.7. The van der Waals surface area contributed by atoms with E-state index >= 15 is 0 Å². The van der Waals surface area contributed by atoms with E-state index in [4.69, 9.17) is 0 Å². The summed E-state index contributed by atoms with van der Waals surface area (Å²) in [5.74, 6) is -0.0552. The molecule has 0 radical (unpaired) electrons. The van der Waals surface area contributed by atoms with Gasteiger partial charge in [0.15, 0.2) is 0 Å². The Kier molecular flexibility index (Phi) is 5.95. The van der Waals surface area contributed by atoms with Crippen LogP contribution in [0.2, 0.25) is 0 Å². The van der Waals surface area contributed by atoms with Crippen LogP contribution in [0.15, 0.2) is 42.7 Å². The van der Waals surface area contributed by atoms with Gasteiger partial charge in [-0.3, -0.25) is 14.7 Å². The van der Waals surface area contributed by atoms with Gasteiger partial charge < -0.3 is 10.4 Å². The second-order valence-electron chi connectivity index (χ2n) is 7.16. The summed E-state index contributed by atoms with van der Waals surface area (Å²) in [6.07, 6.45) is 4.90. The summed E-state index contributed by atoms with van der Waals surface area (Å²) in [7, 11) is 0. The zero-order valence-electron chi connectivity index (χ0n) is 15.7. The first-order valence-corrected chi connectivity index (χ1v) is 10.4. The molecule has 4 rings (SSSR count). The van der Waals surface area contributed by atoms with E-state index in [0.29, 0.717) is 19.4 Å². The number of aliphatic hydroxyl groups is 1. The number of rotatable bonds is 7. The quantitative estimate of drug-likeness (QED) is 0.640. The first-order valence-electron chi connectivity index (χ1n) is 9.61. The van der Waals surface area contributed by atoms with Gasteiger partial charge in [0.25, 0.3) is 0 Å². The molecule has 7 heteroatoms. The van der Waals surface area contributed by atoms with Gasteiger partial charge >= 0.3 is 0 Å². The van der Waals surface area contributed by atoms with Crippen molar-refractivity contribution in [2.24, 2.45) is 0 Å². The highest BCUT2D eigenvalue weighted by atomic mass is 32.1. The Labute approximate surface area is 168 Å². The van der Waals surface area contributed by atoms with Crippen LogP contribution in [0.25, 0.3) is 10.2 Å². The molecule has 0 aliphatic carbocycles. The number of hydrogen-bond acceptors (Lipinski definition) is 6. The average Bonchev–Trinajstić information content (AvgIpc) is 3.14. The number of aliphatic hydroxyl groups excluding tert-OH is 1. The first kappa shape index (κ1) is 19.0. The highest BCUT2D eigenvalue weighted by Crippen LogP contribution is 2.21. The number of nitrogens with zero attached hydrogens (tertiary/aromatic N) is 3. The summed E-state index contributed by atoms with van der Waals surface area (Å²) in [6.45, 7) is 2.64. The molecule has 1 aliphatic rings. The molecular formula is C21H24N4O2S. The van der Waals surface area contributed by atoms with Gasteiger partial charge in [0.05, 0.1) is 27.5 Å². The summed E-state index contributed by atoms with van der Waals surface area (Å²) < 4.78 is 1.09. The maximum atomic E-state index is 12.1. The Morgan fingerprint density at radius 2 is 2.14 bits per heavy atom. The predicted octanol–water partition coefficient (Wildman–Crippen LogP) is 2.16. The lowest BCUT2D eigenvalue weighted by atomic mass is 10.00. The molecule has 0 bridgehead atoms. The maximum Gasteiger partial charge on any atom is 0.220 e. The number of carbonyl (C=O) groups is 1. The Morgan fingerprint density at radius 3 is 3.00 bits per heavy atom. The summed E-state index contributed by atoms with van der Waals surface area (Å²) in [6, 6.07) is 10.4. The fraction of sp³-hybridized carbons (Fsp3) is 0.381. The number of β-amino-alcohol motifs (C(OH)–C–C–N with tert-alkyl or cyclic N) is 1. The molecule has 6 nitrogen and oxygen atoms in total. The van der Waals surface area contributed by atoms with Crippen molar-refractivity contribution in [3.8, 4) is 0 Å². The number of nitrogens with one attached hydrogen (secondary N) is 1. The minimum atomic E-state index is -0.567. The molecule has 0 unspecified atom stereocenters. The van der Waals surface area contributed by atoms with E-state index in [0.717, 1.165) is 34.7 Å². The third-order valence-electron chi connectivity index (χ3n) is 5.01. The molecule has 1 atom stereocenters. The number of carbonyl (C=O) groups excluding carboxylic acids is 1. The number of pyridine rings is 1. The number of thiazole rings is 1. The molecule has 1 aromatic carbocycles. The van der Waals surface area contributed by atoms with E-state index < -0.39 is 6.10 Å². The molecule has 1 aliphatic heterocycles.